The molecule has 6 nitrogen and oxygen atoms in total. The second-order valence-corrected chi connectivity index (χ2v) is 6.08. The minimum Gasteiger partial charge on any atom is -0.394 e. The average Bonchev–Trinajstić information content (AvgIpc) is 3.13. The Hall–Kier alpha value is -1.83. The normalized spacial score (nSPS) is 11.2. The number of benzene rings is 1. The molecule has 0 unspecified atom stereocenters. The smallest absolute Gasteiger partial charge is 0.229 e. The van der Waals surface area contributed by atoms with Gasteiger partial charge in [0.1, 0.15) is 0 Å². The predicted octanol–water partition coefficient (Wildman–Crippen LogP) is 4.17. The molecule has 0 amide bonds. The number of unbranched alkanes of at least 4 members (excludes halogenated alkanes) is 1. The largest absolute Gasteiger partial charge is 0.394 e. The zero-order valence-electron chi connectivity index (χ0n) is 14.0. The molecular formula is C17H24N4O2S. The summed E-state index contributed by atoms with van der Waals surface area (Å²) in [7, 11) is 0. The van der Waals surface area contributed by atoms with Gasteiger partial charge in [-0.05, 0) is 30.7 Å². The van der Waals surface area contributed by atoms with Crippen LogP contribution in [0.25, 0.3) is 0 Å². The summed E-state index contributed by atoms with van der Waals surface area (Å²) in [4.78, 5) is 6.37. The van der Waals surface area contributed by atoms with Crippen molar-refractivity contribution in [1.29, 1.82) is 0 Å². The predicted molar refractivity (Wildman–Crippen MR) is 97.8 cm³/mol. The number of nitrogens with zero attached hydrogens (tertiary/aromatic N) is 4. The summed E-state index contributed by atoms with van der Waals surface area (Å²) in [5, 5.41) is 19.6. The number of ether oxygens (including phenoxy) is 1. The van der Waals surface area contributed by atoms with Crippen molar-refractivity contribution in [2.75, 3.05) is 37.8 Å². The summed E-state index contributed by atoms with van der Waals surface area (Å²) in [5.74, 6) is 0. The minimum atomic E-state index is 0.0633. The van der Waals surface area contributed by atoms with E-state index in [9.17, 15) is 0 Å². The number of anilines is 1. The van der Waals surface area contributed by atoms with Gasteiger partial charge in [-0.3, -0.25) is 0 Å². The van der Waals surface area contributed by atoms with Gasteiger partial charge >= 0.3 is 0 Å². The number of rotatable bonds is 11. The van der Waals surface area contributed by atoms with Crippen LogP contribution in [0.4, 0.5) is 16.5 Å². The van der Waals surface area contributed by atoms with E-state index >= 15 is 0 Å². The Kier molecular flexibility index (Phi) is 8.37. The molecule has 2 aromatic rings. The van der Waals surface area contributed by atoms with E-state index < -0.39 is 0 Å². The van der Waals surface area contributed by atoms with Gasteiger partial charge in [-0.2, -0.15) is 0 Å². The highest BCUT2D eigenvalue weighted by Gasteiger charge is 2.06. The molecule has 2 rings (SSSR count). The van der Waals surface area contributed by atoms with Crippen LogP contribution in [0.3, 0.4) is 0 Å². The first-order valence-corrected chi connectivity index (χ1v) is 9.06. The maximum absolute atomic E-state index is 8.78. The molecule has 1 aromatic carbocycles. The van der Waals surface area contributed by atoms with Crippen LogP contribution in [0.2, 0.25) is 0 Å². The fourth-order valence-electron chi connectivity index (χ4n) is 2.16. The van der Waals surface area contributed by atoms with Crippen molar-refractivity contribution in [3.63, 3.8) is 0 Å². The van der Waals surface area contributed by atoms with Crippen molar-refractivity contribution in [3.05, 3.63) is 35.8 Å². The Bertz CT molecular complexity index is 587. The first-order chi connectivity index (χ1) is 11.8. The topological polar surface area (TPSA) is 70.3 Å². The fourth-order valence-corrected chi connectivity index (χ4v) is 2.61. The molecule has 1 aromatic heterocycles. The Morgan fingerprint density at radius 1 is 1.17 bits per heavy atom. The molecule has 0 radical (unpaired) electrons. The van der Waals surface area contributed by atoms with E-state index in [1.165, 1.54) is 11.3 Å². The van der Waals surface area contributed by atoms with Crippen LogP contribution in [0.15, 0.2) is 46.1 Å². The number of thiazole rings is 1. The van der Waals surface area contributed by atoms with Crippen LogP contribution in [0.1, 0.15) is 19.8 Å². The van der Waals surface area contributed by atoms with Crippen LogP contribution in [-0.2, 0) is 4.74 Å². The lowest BCUT2D eigenvalue weighted by molar-refractivity contribution is 0.0966. The van der Waals surface area contributed by atoms with Gasteiger partial charge in [0, 0.05) is 30.4 Å². The van der Waals surface area contributed by atoms with E-state index in [1.807, 2.05) is 17.5 Å². The third kappa shape index (κ3) is 6.35. The van der Waals surface area contributed by atoms with Gasteiger partial charge in [0.25, 0.3) is 0 Å². The molecule has 0 atom stereocenters. The van der Waals surface area contributed by atoms with Crippen LogP contribution >= 0.6 is 11.3 Å². The lowest BCUT2D eigenvalue weighted by Crippen LogP contribution is -2.28. The highest BCUT2D eigenvalue weighted by atomic mass is 32.1. The number of aliphatic hydroxyl groups is 1. The van der Waals surface area contributed by atoms with Crippen molar-refractivity contribution in [2.45, 2.75) is 19.8 Å². The summed E-state index contributed by atoms with van der Waals surface area (Å²) in [5.41, 5.74) is 1.95. The number of aromatic nitrogens is 1. The van der Waals surface area contributed by atoms with Gasteiger partial charge in [-0.1, -0.05) is 13.3 Å². The quantitative estimate of drug-likeness (QED) is 0.489. The number of aliphatic hydroxyl groups excluding tert-OH is 1. The first-order valence-electron chi connectivity index (χ1n) is 8.18. The van der Waals surface area contributed by atoms with Gasteiger partial charge in [0.15, 0.2) is 0 Å². The Morgan fingerprint density at radius 3 is 2.67 bits per heavy atom. The molecule has 0 aliphatic heterocycles. The molecule has 24 heavy (non-hydrogen) atoms. The minimum absolute atomic E-state index is 0.0633. The molecule has 0 aliphatic carbocycles. The zero-order chi connectivity index (χ0) is 17.0. The lowest BCUT2D eigenvalue weighted by atomic mass is 10.2. The third-order valence-corrected chi connectivity index (χ3v) is 4.06. The fraction of sp³-hybridized carbons (Fsp3) is 0.471. The summed E-state index contributed by atoms with van der Waals surface area (Å²) in [6, 6.07) is 8.02. The van der Waals surface area contributed by atoms with E-state index in [-0.39, 0.29) is 6.61 Å². The van der Waals surface area contributed by atoms with E-state index in [0.717, 1.165) is 37.3 Å². The summed E-state index contributed by atoms with van der Waals surface area (Å²) >= 11 is 1.46. The van der Waals surface area contributed by atoms with Crippen LogP contribution in [0.5, 0.6) is 0 Å². The second kappa shape index (κ2) is 10.9. The molecule has 1 heterocycles. The second-order valence-electron chi connectivity index (χ2n) is 5.21. The molecule has 1 N–H and O–H groups in total. The van der Waals surface area contributed by atoms with Crippen molar-refractivity contribution in [1.82, 2.24) is 4.98 Å². The van der Waals surface area contributed by atoms with E-state index in [2.05, 4.69) is 39.2 Å². The zero-order valence-corrected chi connectivity index (χ0v) is 14.8. The highest BCUT2D eigenvalue weighted by Crippen LogP contribution is 2.23. The number of hydrogen-bond donors (Lipinski definition) is 1. The van der Waals surface area contributed by atoms with Crippen molar-refractivity contribution < 1.29 is 9.84 Å². The van der Waals surface area contributed by atoms with Gasteiger partial charge in [0.05, 0.1) is 25.5 Å². The molecule has 130 valence electrons. The van der Waals surface area contributed by atoms with Gasteiger partial charge in [0.2, 0.25) is 5.13 Å². The Balaban J connectivity index is 1.95. The van der Waals surface area contributed by atoms with E-state index in [1.54, 1.807) is 6.20 Å². The first kappa shape index (κ1) is 18.5. The monoisotopic (exact) mass is 348 g/mol. The van der Waals surface area contributed by atoms with Gasteiger partial charge in [-0.15, -0.1) is 21.6 Å². The maximum Gasteiger partial charge on any atom is 0.229 e. The van der Waals surface area contributed by atoms with Crippen molar-refractivity contribution in [2.24, 2.45) is 10.2 Å². The molecule has 0 saturated heterocycles. The Morgan fingerprint density at radius 2 is 2.00 bits per heavy atom. The van der Waals surface area contributed by atoms with Crippen molar-refractivity contribution in [3.8, 4) is 0 Å². The van der Waals surface area contributed by atoms with Gasteiger partial charge < -0.3 is 14.7 Å². The molecule has 0 fully saturated rings. The molecule has 0 aliphatic rings. The van der Waals surface area contributed by atoms with Crippen LogP contribution in [-0.4, -0.2) is 43.0 Å². The van der Waals surface area contributed by atoms with Crippen molar-refractivity contribution >= 4 is 27.8 Å². The molecular weight excluding hydrogens is 324 g/mol. The van der Waals surface area contributed by atoms with Crippen LogP contribution in [0, 0.1) is 0 Å². The Labute approximate surface area is 146 Å². The maximum atomic E-state index is 8.78. The highest BCUT2D eigenvalue weighted by molar-refractivity contribution is 7.13. The average molecular weight is 348 g/mol. The van der Waals surface area contributed by atoms with E-state index in [4.69, 9.17) is 9.84 Å². The molecule has 7 heteroatoms. The SMILES string of the molecule is CCCCN(CCOCCO)c1ccc(N=Nc2nccs2)cc1. The summed E-state index contributed by atoms with van der Waals surface area (Å²) in [6.07, 6.45) is 3.99. The summed E-state index contributed by atoms with van der Waals surface area (Å²) in [6.45, 7) is 5.03. The standard InChI is InChI=1S/C17H24N4O2S/c1-2-3-9-21(10-12-23-13-11-22)16-6-4-15(5-7-16)19-20-17-18-8-14-24-17/h4-8,14,22H,2-3,9-13H2,1H3. The molecule has 0 saturated carbocycles. The van der Waals surface area contributed by atoms with Gasteiger partial charge in [-0.25, -0.2) is 4.98 Å². The third-order valence-electron chi connectivity index (χ3n) is 3.41. The number of azo groups is 1. The number of hydrogen-bond acceptors (Lipinski definition) is 7. The summed E-state index contributed by atoms with van der Waals surface area (Å²) < 4.78 is 5.39. The van der Waals surface area contributed by atoms with Crippen LogP contribution < -0.4 is 4.90 Å². The lowest BCUT2D eigenvalue weighted by Gasteiger charge is -2.24. The molecule has 0 spiro atoms. The van der Waals surface area contributed by atoms with E-state index in [0.29, 0.717) is 18.3 Å². The molecule has 0 bridgehead atoms.